The summed E-state index contributed by atoms with van der Waals surface area (Å²) in [6.07, 6.45) is 0.543. The Bertz CT molecular complexity index is 785. The fourth-order valence-electron chi connectivity index (χ4n) is 2.81. The van der Waals surface area contributed by atoms with Crippen molar-refractivity contribution in [3.8, 4) is 5.69 Å². The van der Waals surface area contributed by atoms with Gasteiger partial charge in [-0.15, -0.1) is 0 Å². The second-order valence-corrected chi connectivity index (χ2v) is 6.38. The SMILES string of the molecule is COCC(=O)N1CCc2c(c(C(=O)O)nn2-c2ccc(Br)cc2)C1. The number of rotatable bonds is 4. The number of carboxylic acids is 1. The van der Waals surface area contributed by atoms with Crippen LogP contribution in [0.15, 0.2) is 28.7 Å². The topological polar surface area (TPSA) is 84.7 Å². The molecule has 0 radical (unpaired) electrons. The van der Waals surface area contributed by atoms with Crippen LogP contribution in [-0.4, -0.2) is 51.9 Å². The molecule has 0 bridgehead atoms. The van der Waals surface area contributed by atoms with Gasteiger partial charge in [0.2, 0.25) is 5.91 Å². The summed E-state index contributed by atoms with van der Waals surface area (Å²) in [5.41, 5.74) is 2.19. The smallest absolute Gasteiger partial charge is 0.356 e. The lowest BCUT2D eigenvalue weighted by molar-refractivity contribution is -0.136. The summed E-state index contributed by atoms with van der Waals surface area (Å²) in [6, 6.07) is 7.49. The predicted molar refractivity (Wildman–Crippen MR) is 89.2 cm³/mol. The van der Waals surface area contributed by atoms with Crippen LogP contribution in [0.3, 0.4) is 0 Å². The number of nitrogens with zero attached hydrogens (tertiary/aromatic N) is 3. The molecule has 1 aromatic heterocycles. The maximum absolute atomic E-state index is 12.0. The molecule has 1 aliphatic heterocycles. The molecule has 0 unspecified atom stereocenters. The Morgan fingerprint density at radius 3 is 2.67 bits per heavy atom. The summed E-state index contributed by atoms with van der Waals surface area (Å²) in [4.78, 5) is 25.2. The van der Waals surface area contributed by atoms with Gasteiger partial charge in [-0.1, -0.05) is 15.9 Å². The number of carboxylic acid groups (broad SMARTS) is 1. The maximum atomic E-state index is 12.0. The second kappa shape index (κ2) is 6.74. The van der Waals surface area contributed by atoms with Gasteiger partial charge in [-0.2, -0.15) is 5.10 Å². The highest BCUT2D eigenvalue weighted by atomic mass is 79.9. The fourth-order valence-corrected chi connectivity index (χ4v) is 3.08. The molecule has 0 atom stereocenters. The van der Waals surface area contributed by atoms with Crippen LogP contribution in [0.4, 0.5) is 0 Å². The lowest BCUT2D eigenvalue weighted by Crippen LogP contribution is -2.38. The first-order chi connectivity index (χ1) is 11.5. The third-order valence-electron chi connectivity index (χ3n) is 3.95. The molecular weight excluding hydrogens is 378 g/mol. The Morgan fingerprint density at radius 2 is 2.04 bits per heavy atom. The summed E-state index contributed by atoms with van der Waals surface area (Å²) in [7, 11) is 1.46. The number of fused-ring (bicyclic) bond motifs is 1. The highest BCUT2D eigenvalue weighted by Crippen LogP contribution is 2.26. The number of carbonyl (C=O) groups excluding carboxylic acids is 1. The van der Waals surface area contributed by atoms with Crippen molar-refractivity contribution in [2.24, 2.45) is 0 Å². The summed E-state index contributed by atoms with van der Waals surface area (Å²) in [5, 5.41) is 13.7. The molecule has 7 nitrogen and oxygen atoms in total. The van der Waals surface area contributed by atoms with Crippen molar-refractivity contribution in [1.29, 1.82) is 0 Å². The first-order valence-corrected chi connectivity index (χ1v) is 8.17. The number of benzene rings is 1. The van der Waals surface area contributed by atoms with E-state index in [0.29, 0.717) is 18.5 Å². The fraction of sp³-hybridized carbons (Fsp3) is 0.312. The molecule has 1 aromatic carbocycles. The third-order valence-corrected chi connectivity index (χ3v) is 4.48. The first-order valence-electron chi connectivity index (χ1n) is 7.38. The summed E-state index contributed by atoms with van der Waals surface area (Å²) in [5.74, 6) is -1.25. The minimum absolute atomic E-state index is 0.0113. The summed E-state index contributed by atoms with van der Waals surface area (Å²) >= 11 is 3.38. The lowest BCUT2D eigenvalue weighted by Gasteiger charge is -2.27. The highest BCUT2D eigenvalue weighted by Gasteiger charge is 2.30. The van der Waals surface area contributed by atoms with Gasteiger partial charge in [0.25, 0.3) is 0 Å². The summed E-state index contributed by atoms with van der Waals surface area (Å²) in [6.45, 7) is 0.727. The van der Waals surface area contributed by atoms with Gasteiger partial charge in [0.1, 0.15) is 6.61 Å². The van der Waals surface area contributed by atoms with E-state index in [9.17, 15) is 14.7 Å². The molecule has 0 fully saturated rings. The largest absolute Gasteiger partial charge is 0.476 e. The normalized spacial score (nSPS) is 13.7. The van der Waals surface area contributed by atoms with E-state index >= 15 is 0 Å². The van der Waals surface area contributed by atoms with E-state index in [0.717, 1.165) is 15.9 Å². The van der Waals surface area contributed by atoms with Crippen LogP contribution in [0.25, 0.3) is 5.69 Å². The van der Waals surface area contributed by atoms with Gasteiger partial charge >= 0.3 is 5.97 Å². The Morgan fingerprint density at radius 1 is 1.33 bits per heavy atom. The molecule has 3 rings (SSSR count). The molecule has 2 heterocycles. The number of carbonyl (C=O) groups is 2. The monoisotopic (exact) mass is 393 g/mol. The van der Waals surface area contributed by atoms with E-state index in [-0.39, 0.29) is 24.8 Å². The molecule has 1 N–H and O–H groups in total. The van der Waals surface area contributed by atoms with E-state index in [1.54, 1.807) is 9.58 Å². The number of halogens is 1. The molecule has 126 valence electrons. The Balaban J connectivity index is 2.01. The van der Waals surface area contributed by atoms with Crippen LogP contribution in [0.1, 0.15) is 21.7 Å². The third kappa shape index (κ3) is 3.07. The van der Waals surface area contributed by atoms with Crippen LogP contribution in [0, 0.1) is 0 Å². The molecule has 8 heteroatoms. The zero-order valence-corrected chi connectivity index (χ0v) is 14.6. The summed E-state index contributed by atoms with van der Waals surface area (Å²) < 4.78 is 7.46. The number of hydrogen-bond donors (Lipinski definition) is 1. The molecule has 24 heavy (non-hydrogen) atoms. The van der Waals surface area contributed by atoms with Crippen molar-refractivity contribution >= 4 is 27.8 Å². The van der Waals surface area contributed by atoms with Crippen LogP contribution in [-0.2, 0) is 22.5 Å². The Kier molecular flexibility index (Phi) is 4.68. The number of aromatic nitrogens is 2. The van der Waals surface area contributed by atoms with Crippen LogP contribution in [0.5, 0.6) is 0 Å². The number of ether oxygens (including phenoxy) is 1. The number of hydrogen-bond acceptors (Lipinski definition) is 4. The van der Waals surface area contributed by atoms with Crippen molar-refractivity contribution in [3.05, 3.63) is 45.7 Å². The molecule has 0 spiro atoms. The van der Waals surface area contributed by atoms with Crippen molar-refractivity contribution in [1.82, 2.24) is 14.7 Å². The van der Waals surface area contributed by atoms with Crippen molar-refractivity contribution in [3.63, 3.8) is 0 Å². The first kappa shape index (κ1) is 16.7. The Labute approximate surface area is 147 Å². The lowest BCUT2D eigenvalue weighted by atomic mass is 10.0. The van der Waals surface area contributed by atoms with E-state index in [4.69, 9.17) is 4.74 Å². The predicted octanol–water partition coefficient (Wildman–Crippen LogP) is 1.86. The van der Waals surface area contributed by atoms with Gasteiger partial charge in [-0.25, -0.2) is 9.48 Å². The molecule has 0 saturated carbocycles. The number of methoxy groups -OCH3 is 1. The average Bonchev–Trinajstić information content (AvgIpc) is 2.95. The Hall–Kier alpha value is -2.19. The molecular formula is C16H16BrN3O4. The van der Waals surface area contributed by atoms with Gasteiger partial charge in [0.15, 0.2) is 5.69 Å². The van der Waals surface area contributed by atoms with Crippen molar-refractivity contribution < 1.29 is 19.4 Å². The van der Waals surface area contributed by atoms with Crippen LogP contribution < -0.4 is 0 Å². The van der Waals surface area contributed by atoms with Crippen molar-refractivity contribution in [2.75, 3.05) is 20.3 Å². The van der Waals surface area contributed by atoms with Gasteiger partial charge < -0.3 is 14.7 Å². The van der Waals surface area contributed by atoms with E-state index in [2.05, 4.69) is 21.0 Å². The molecule has 1 aliphatic rings. The van der Waals surface area contributed by atoms with Gasteiger partial charge in [-0.05, 0) is 24.3 Å². The van der Waals surface area contributed by atoms with E-state index in [1.165, 1.54) is 7.11 Å². The van der Waals surface area contributed by atoms with Gasteiger partial charge in [0, 0.05) is 36.7 Å². The highest BCUT2D eigenvalue weighted by molar-refractivity contribution is 9.10. The van der Waals surface area contributed by atoms with Crippen LogP contribution >= 0.6 is 15.9 Å². The van der Waals surface area contributed by atoms with E-state index < -0.39 is 5.97 Å². The quantitative estimate of drug-likeness (QED) is 0.856. The second-order valence-electron chi connectivity index (χ2n) is 5.47. The average molecular weight is 394 g/mol. The minimum atomic E-state index is -1.09. The van der Waals surface area contributed by atoms with Gasteiger partial charge in [0.05, 0.1) is 11.4 Å². The number of aromatic carboxylic acids is 1. The maximum Gasteiger partial charge on any atom is 0.356 e. The standard InChI is InChI=1S/C16H16BrN3O4/c1-24-9-14(21)19-7-6-13-12(8-19)15(16(22)23)18-20(13)11-4-2-10(17)3-5-11/h2-5H,6-9H2,1H3,(H,22,23). The molecule has 1 amide bonds. The molecule has 2 aromatic rings. The van der Waals surface area contributed by atoms with E-state index in [1.807, 2.05) is 24.3 Å². The number of amides is 1. The van der Waals surface area contributed by atoms with Crippen LogP contribution in [0.2, 0.25) is 0 Å². The minimum Gasteiger partial charge on any atom is -0.476 e. The van der Waals surface area contributed by atoms with Crippen molar-refractivity contribution in [2.45, 2.75) is 13.0 Å². The zero-order valence-electron chi connectivity index (χ0n) is 13.0. The van der Waals surface area contributed by atoms with Gasteiger partial charge in [-0.3, -0.25) is 4.79 Å². The molecule has 0 saturated heterocycles. The zero-order chi connectivity index (χ0) is 17.3. The molecule has 0 aliphatic carbocycles.